The van der Waals surface area contributed by atoms with Gasteiger partial charge in [0.05, 0.1) is 5.02 Å². The molecular formula is C12H8Cl2O3S. The molecule has 1 aromatic heterocycles. The Morgan fingerprint density at radius 2 is 2.06 bits per heavy atom. The van der Waals surface area contributed by atoms with Gasteiger partial charge in [-0.25, -0.2) is 4.79 Å². The summed E-state index contributed by atoms with van der Waals surface area (Å²) < 4.78 is 5.50. The van der Waals surface area contributed by atoms with Gasteiger partial charge < -0.3 is 9.84 Å². The highest BCUT2D eigenvalue weighted by Gasteiger charge is 2.08. The Labute approximate surface area is 118 Å². The van der Waals surface area contributed by atoms with Crippen LogP contribution in [0.4, 0.5) is 0 Å². The van der Waals surface area contributed by atoms with Gasteiger partial charge in [0.15, 0.2) is 0 Å². The van der Waals surface area contributed by atoms with Gasteiger partial charge in [0.25, 0.3) is 0 Å². The molecule has 0 fully saturated rings. The first-order valence-electron chi connectivity index (χ1n) is 4.96. The van der Waals surface area contributed by atoms with E-state index in [0.717, 1.165) is 4.88 Å². The number of carboxylic acids is 1. The number of thiophene rings is 1. The second kappa shape index (κ2) is 5.61. The van der Waals surface area contributed by atoms with Crippen molar-refractivity contribution in [2.45, 2.75) is 6.61 Å². The number of benzene rings is 1. The SMILES string of the molecule is O=C(O)c1ccc(COc2cc(Cl)ccc2Cl)s1. The van der Waals surface area contributed by atoms with Crippen molar-refractivity contribution in [2.75, 3.05) is 0 Å². The van der Waals surface area contributed by atoms with Crippen molar-refractivity contribution in [1.29, 1.82) is 0 Å². The minimum absolute atomic E-state index is 0.262. The van der Waals surface area contributed by atoms with E-state index in [9.17, 15) is 4.79 Å². The van der Waals surface area contributed by atoms with Gasteiger partial charge in [-0.3, -0.25) is 0 Å². The minimum Gasteiger partial charge on any atom is -0.486 e. The van der Waals surface area contributed by atoms with E-state index in [2.05, 4.69) is 0 Å². The fourth-order valence-corrected chi connectivity index (χ4v) is 2.40. The van der Waals surface area contributed by atoms with Crippen molar-refractivity contribution in [3.63, 3.8) is 0 Å². The molecule has 0 bridgehead atoms. The lowest BCUT2D eigenvalue weighted by Crippen LogP contribution is -1.93. The van der Waals surface area contributed by atoms with Crippen LogP contribution in [0.2, 0.25) is 10.0 Å². The van der Waals surface area contributed by atoms with Crippen LogP contribution in [0, 0.1) is 0 Å². The van der Waals surface area contributed by atoms with Crippen LogP contribution in [0.1, 0.15) is 14.5 Å². The summed E-state index contributed by atoms with van der Waals surface area (Å²) >= 11 is 12.9. The molecule has 0 aliphatic heterocycles. The van der Waals surface area contributed by atoms with Gasteiger partial charge in [-0.05, 0) is 24.3 Å². The van der Waals surface area contributed by atoms with E-state index in [0.29, 0.717) is 15.8 Å². The van der Waals surface area contributed by atoms with Gasteiger partial charge in [0.2, 0.25) is 0 Å². The zero-order chi connectivity index (χ0) is 13.1. The molecule has 94 valence electrons. The van der Waals surface area contributed by atoms with Crippen molar-refractivity contribution >= 4 is 40.5 Å². The molecule has 0 unspecified atom stereocenters. The van der Waals surface area contributed by atoms with Crippen LogP contribution in [0.25, 0.3) is 0 Å². The highest BCUT2D eigenvalue weighted by molar-refractivity contribution is 7.13. The van der Waals surface area contributed by atoms with Crippen LogP contribution in [0.3, 0.4) is 0 Å². The minimum atomic E-state index is -0.938. The second-order valence-electron chi connectivity index (χ2n) is 3.43. The summed E-state index contributed by atoms with van der Waals surface area (Å²) in [6.07, 6.45) is 0. The number of carbonyl (C=O) groups is 1. The summed E-state index contributed by atoms with van der Waals surface area (Å²) in [4.78, 5) is 11.8. The number of aromatic carboxylic acids is 1. The number of rotatable bonds is 4. The number of halogens is 2. The fourth-order valence-electron chi connectivity index (χ4n) is 1.31. The van der Waals surface area contributed by atoms with E-state index in [1.807, 2.05) is 0 Å². The van der Waals surface area contributed by atoms with Crippen LogP contribution >= 0.6 is 34.5 Å². The quantitative estimate of drug-likeness (QED) is 0.914. The molecule has 2 rings (SSSR count). The smallest absolute Gasteiger partial charge is 0.345 e. The summed E-state index contributed by atoms with van der Waals surface area (Å²) in [6, 6.07) is 8.20. The van der Waals surface area contributed by atoms with Gasteiger partial charge >= 0.3 is 5.97 Å². The van der Waals surface area contributed by atoms with Crippen molar-refractivity contribution < 1.29 is 14.6 Å². The molecule has 3 nitrogen and oxygen atoms in total. The molecule has 1 aromatic carbocycles. The Balaban J connectivity index is 2.06. The Morgan fingerprint density at radius 3 is 2.72 bits per heavy atom. The monoisotopic (exact) mass is 302 g/mol. The average Bonchev–Trinajstić information content (AvgIpc) is 2.79. The van der Waals surface area contributed by atoms with Crippen LogP contribution in [0.15, 0.2) is 30.3 Å². The predicted molar refractivity (Wildman–Crippen MR) is 72.1 cm³/mol. The van der Waals surface area contributed by atoms with Crippen molar-refractivity contribution in [3.05, 3.63) is 50.1 Å². The van der Waals surface area contributed by atoms with Gasteiger partial charge in [0.1, 0.15) is 17.2 Å². The molecule has 6 heteroatoms. The topological polar surface area (TPSA) is 46.5 Å². The molecule has 0 radical (unpaired) electrons. The fraction of sp³-hybridized carbons (Fsp3) is 0.0833. The van der Waals surface area contributed by atoms with Crippen LogP contribution in [-0.4, -0.2) is 11.1 Å². The third-order valence-corrected chi connectivity index (χ3v) is 3.73. The number of hydrogen-bond donors (Lipinski definition) is 1. The standard InChI is InChI=1S/C12H8Cl2O3S/c13-7-1-3-9(14)10(5-7)17-6-8-2-4-11(18-8)12(15)16/h1-5H,6H2,(H,15,16). The first-order valence-corrected chi connectivity index (χ1v) is 6.53. The van der Waals surface area contributed by atoms with Gasteiger partial charge in [-0.2, -0.15) is 0 Å². The molecule has 18 heavy (non-hydrogen) atoms. The lowest BCUT2D eigenvalue weighted by molar-refractivity contribution is 0.0702. The highest BCUT2D eigenvalue weighted by Crippen LogP contribution is 2.29. The second-order valence-corrected chi connectivity index (χ2v) is 5.45. The van der Waals surface area contributed by atoms with Crippen molar-refractivity contribution in [1.82, 2.24) is 0 Å². The molecule has 0 aliphatic rings. The zero-order valence-electron chi connectivity index (χ0n) is 9.02. The first-order chi connectivity index (χ1) is 8.56. The third-order valence-electron chi connectivity index (χ3n) is 2.14. The molecular weight excluding hydrogens is 295 g/mol. The molecule has 0 saturated heterocycles. The lowest BCUT2D eigenvalue weighted by atomic mass is 10.3. The van der Waals surface area contributed by atoms with E-state index in [1.165, 1.54) is 11.3 Å². The zero-order valence-corrected chi connectivity index (χ0v) is 11.4. The van der Waals surface area contributed by atoms with Crippen LogP contribution < -0.4 is 4.74 Å². The lowest BCUT2D eigenvalue weighted by Gasteiger charge is -2.06. The number of ether oxygens (including phenoxy) is 1. The summed E-state index contributed by atoms with van der Waals surface area (Å²) in [5.74, 6) is -0.457. The highest BCUT2D eigenvalue weighted by atomic mass is 35.5. The molecule has 1 N–H and O–H groups in total. The Hall–Kier alpha value is -1.23. The number of carboxylic acid groups (broad SMARTS) is 1. The molecule has 0 amide bonds. The molecule has 0 saturated carbocycles. The molecule has 2 aromatic rings. The first kappa shape index (κ1) is 13.2. The Kier molecular flexibility index (Phi) is 4.11. The normalized spacial score (nSPS) is 10.3. The summed E-state index contributed by atoms with van der Waals surface area (Å²) in [6.45, 7) is 0.262. The van der Waals surface area contributed by atoms with E-state index in [4.69, 9.17) is 33.0 Å². The maximum absolute atomic E-state index is 10.7. The van der Waals surface area contributed by atoms with E-state index >= 15 is 0 Å². The predicted octanol–water partition coefficient (Wildman–Crippen LogP) is 4.33. The molecule has 0 spiro atoms. The maximum Gasteiger partial charge on any atom is 0.345 e. The molecule has 0 aliphatic carbocycles. The van der Waals surface area contributed by atoms with E-state index in [1.54, 1.807) is 30.3 Å². The van der Waals surface area contributed by atoms with Gasteiger partial charge in [-0.1, -0.05) is 23.2 Å². The summed E-state index contributed by atoms with van der Waals surface area (Å²) in [5.41, 5.74) is 0. The summed E-state index contributed by atoms with van der Waals surface area (Å²) in [7, 11) is 0. The van der Waals surface area contributed by atoms with Crippen LogP contribution in [0.5, 0.6) is 5.75 Å². The molecule has 1 heterocycles. The van der Waals surface area contributed by atoms with Crippen LogP contribution in [-0.2, 0) is 6.61 Å². The van der Waals surface area contributed by atoms with Gasteiger partial charge in [0, 0.05) is 16.0 Å². The molecule has 0 atom stereocenters. The number of hydrogen-bond acceptors (Lipinski definition) is 3. The van der Waals surface area contributed by atoms with E-state index in [-0.39, 0.29) is 11.5 Å². The van der Waals surface area contributed by atoms with Gasteiger partial charge in [-0.15, -0.1) is 11.3 Å². The van der Waals surface area contributed by atoms with Crippen molar-refractivity contribution in [3.8, 4) is 5.75 Å². The maximum atomic E-state index is 10.7. The largest absolute Gasteiger partial charge is 0.486 e. The Morgan fingerprint density at radius 1 is 1.28 bits per heavy atom. The average molecular weight is 303 g/mol. The summed E-state index contributed by atoms with van der Waals surface area (Å²) in [5, 5.41) is 9.80. The van der Waals surface area contributed by atoms with E-state index < -0.39 is 5.97 Å². The Bertz CT molecular complexity index is 580. The third kappa shape index (κ3) is 3.16. The van der Waals surface area contributed by atoms with Crippen molar-refractivity contribution in [2.24, 2.45) is 0 Å².